The Morgan fingerprint density at radius 2 is 2.11 bits per heavy atom. The number of aromatic nitrogens is 1. The molecular formula is C14H16ClNO2. The number of alkyl halides is 1. The van der Waals surface area contributed by atoms with E-state index in [1.807, 2.05) is 18.2 Å². The van der Waals surface area contributed by atoms with Crippen LogP contribution in [-0.2, 0) is 11.3 Å². The summed E-state index contributed by atoms with van der Waals surface area (Å²) in [6.07, 6.45) is 1.72. The highest BCUT2D eigenvalue weighted by molar-refractivity contribution is 6.16. The van der Waals surface area contributed by atoms with Gasteiger partial charge in [-0.2, -0.15) is 4.98 Å². The summed E-state index contributed by atoms with van der Waals surface area (Å²) in [4.78, 5) is 4.10. The smallest absolute Gasteiger partial charge is 0.399 e. The predicted molar refractivity (Wildman–Crippen MR) is 71.3 cm³/mol. The van der Waals surface area contributed by atoms with Crippen molar-refractivity contribution in [2.75, 3.05) is 0 Å². The van der Waals surface area contributed by atoms with Crippen molar-refractivity contribution in [2.45, 2.75) is 32.1 Å². The minimum atomic E-state index is 0.0806. The zero-order valence-electron chi connectivity index (χ0n) is 10.7. The van der Waals surface area contributed by atoms with Crippen LogP contribution in [0.3, 0.4) is 0 Å². The lowest BCUT2D eigenvalue weighted by molar-refractivity contribution is 0.330. The van der Waals surface area contributed by atoms with Crippen molar-refractivity contribution >= 4 is 11.6 Å². The number of oxazole rings is 1. The van der Waals surface area contributed by atoms with Crippen LogP contribution in [0.5, 0.6) is 11.8 Å². The highest BCUT2D eigenvalue weighted by Gasteiger charge is 2.14. The first-order valence-corrected chi connectivity index (χ1v) is 6.31. The van der Waals surface area contributed by atoms with Crippen LogP contribution >= 0.6 is 11.6 Å². The lowest BCUT2D eigenvalue weighted by Crippen LogP contribution is -2.10. The zero-order valence-corrected chi connectivity index (χ0v) is 11.5. The fourth-order valence-electron chi connectivity index (χ4n) is 1.52. The lowest BCUT2D eigenvalue weighted by atomic mass is 9.87. The van der Waals surface area contributed by atoms with E-state index in [1.54, 1.807) is 0 Å². The summed E-state index contributed by atoms with van der Waals surface area (Å²) < 4.78 is 10.7. The minimum absolute atomic E-state index is 0.0806. The van der Waals surface area contributed by atoms with Gasteiger partial charge in [0.2, 0.25) is 0 Å². The molecule has 0 aliphatic heterocycles. The first-order valence-electron chi connectivity index (χ1n) is 5.78. The second-order valence-electron chi connectivity index (χ2n) is 5.12. The Morgan fingerprint density at radius 1 is 1.33 bits per heavy atom. The van der Waals surface area contributed by atoms with E-state index in [1.165, 1.54) is 11.8 Å². The molecule has 0 fully saturated rings. The average Bonchev–Trinajstić information content (AvgIpc) is 2.76. The molecule has 96 valence electrons. The summed E-state index contributed by atoms with van der Waals surface area (Å²) in [7, 11) is 0. The van der Waals surface area contributed by atoms with Crippen molar-refractivity contribution in [2.24, 2.45) is 0 Å². The van der Waals surface area contributed by atoms with Gasteiger partial charge in [-0.15, -0.1) is 11.6 Å². The Hall–Kier alpha value is -1.48. The molecule has 1 aromatic carbocycles. The van der Waals surface area contributed by atoms with E-state index < -0.39 is 0 Å². The standard InChI is InChI=1S/C14H16ClNO2/c1-14(2,3)10-5-4-6-12(7-10)18-13-16-11(8-15)9-17-13/h4-7,9H,8H2,1-3H3. The molecule has 2 aromatic rings. The van der Waals surface area contributed by atoms with Gasteiger partial charge in [-0.05, 0) is 23.1 Å². The van der Waals surface area contributed by atoms with E-state index >= 15 is 0 Å². The van der Waals surface area contributed by atoms with Gasteiger partial charge in [0.05, 0.1) is 11.6 Å². The highest BCUT2D eigenvalue weighted by atomic mass is 35.5. The fourth-order valence-corrected chi connectivity index (χ4v) is 1.65. The molecule has 4 heteroatoms. The van der Waals surface area contributed by atoms with E-state index in [2.05, 4.69) is 31.8 Å². The maximum Gasteiger partial charge on any atom is 0.399 e. The Balaban J connectivity index is 2.19. The second-order valence-corrected chi connectivity index (χ2v) is 5.39. The van der Waals surface area contributed by atoms with Crippen LogP contribution in [-0.4, -0.2) is 4.98 Å². The van der Waals surface area contributed by atoms with Gasteiger partial charge in [-0.25, -0.2) is 0 Å². The van der Waals surface area contributed by atoms with Crippen LogP contribution in [0.2, 0.25) is 0 Å². The van der Waals surface area contributed by atoms with Gasteiger partial charge in [0.1, 0.15) is 12.0 Å². The van der Waals surface area contributed by atoms with Gasteiger partial charge in [-0.1, -0.05) is 32.9 Å². The van der Waals surface area contributed by atoms with Crippen LogP contribution < -0.4 is 4.74 Å². The molecule has 0 amide bonds. The summed E-state index contributed by atoms with van der Waals surface area (Å²) in [5.41, 5.74) is 1.94. The molecule has 2 rings (SSSR count). The van der Waals surface area contributed by atoms with E-state index in [0.29, 0.717) is 17.3 Å². The van der Waals surface area contributed by atoms with Crippen LogP contribution in [0.15, 0.2) is 34.9 Å². The maximum atomic E-state index is 5.65. The Bertz CT molecular complexity index is 529. The number of nitrogens with zero attached hydrogens (tertiary/aromatic N) is 1. The van der Waals surface area contributed by atoms with E-state index in [-0.39, 0.29) is 11.5 Å². The van der Waals surface area contributed by atoms with E-state index in [0.717, 1.165) is 0 Å². The van der Waals surface area contributed by atoms with Gasteiger partial charge in [0.15, 0.2) is 0 Å². The van der Waals surface area contributed by atoms with Crippen molar-refractivity contribution in [3.8, 4) is 11.8 Å². The van der Waals surface area contributed by atoms with Crippen LogP contribution in [0.4, 0.5) is 0 Å². The van der Waals surface area contributed by atoms with Crippen molar-refractivity contribution in [1.29, 1.82) is 0 Å². The molecule has 0 radical (unpaired) electrons. The summed E-state index contributed by atoms with van der Waals surface area (Å²) in [5, 5.41) is 0. The molecule has 3 nitrogen and oxygen atoms in total. The van der Waals surface area contributed by atoms with Gasteiger partial charge < -0.3 is 9.15 Å². The molecule has 0 N–H and O–H groups in total. The highest BCUT2D eigenvalue weighted by Crippen LogP contribution is 2.28. The molecule has 0 unspecified atom stereocenters. The third kappa shape index (κ3) is 3.05. The summed E-state index contributed by atoms with van der Waals surface area (Å²) in [6, 6.07) is 7.90. The third-order valence-electron chi connectivity index (χ3n) is 2.57. The monoisotopic (exact) mass is 265 g/mol. The number of ether oxygens (including phenoxy) is 1. The molecular weight excluding hydrogens is 250 g/mol. The summed E-state index contributed by atoms with van der Waals surface area (Å²) in [5.74, 6) is 1.03. The van der Waals surface area contributed by atoms with Crippen molar-refractivity contribution < 1.29 is 9.15 Å². The zero-order chi connectivity index (χ0) is 13.2. The number of benzene rings is 1. The molecule has 0 saturated heterocycles. The van der Waals surface area contributed by atoms with Gasteiger partial charge in [0.25, 0.3) is 0 Å². The van der Waals surface area contributed by atoms with Crippen LogP contribution in [0.25, 0.3) is 0 Å². The van der Waals surface area contributed by atoms with Crippen molar-refractivity contribution in [3.05, 3.63) is 41.8 Å². The number of hydrogen-bond acceptors (Lipinski definition) is 3. The molecule has 1 aromatic heterocycles. The molecule has 0 aliphatic rings. The number of halogens is 1. The summed E-state index contributed by atoms with van der Waals surface area (Å²) in [6.45, 7) is 6.47. The lowest BCUT2D eigenvalue weighted by Gasteiger charge is -2.19. The first-order chi connectivity index (χ1) is 8.49. The molecule has 1 heterocycles. The van der Waals surface area contributed by atoms with Gasteiger partial charge in [0, 0.05) is 0 Å². The quantitative estimate of drug-likeness (QED) is 0.766. The Morgan fingerprint density at radius 3 is 2.72 bits per heavy atom. The normalized spacial score (nSPS) is 11.6. The van der Waals surface area contributed by atoms with Crippen LogP contribution in [0, 0.1) is 0 Å². The van der Waals surface area contributed by atoms with E-state index in [9.17, 15) is 0 Å². The van der Waals surface area contributed by atoms with E-state index in [4.69, 9.17) is 20.8 Å². The van der Waals surface area contributed by atoms with Gasteiger partial charge >= 0.3 is 6.08 Å². The first kappa shape index (κ1) is 13.0. The van der Waals surface area contributed by atoms with Crippen molar-refractivity contribution in [1.82, 2.24) is 4.98 Å². The van der Waals surface area contributed by atoms with Gasteiger partial charge in [-0.3, -0.25) is 0 Å². The maximum absolute atomic E-state index is 5.65. The molecule has 0 atom stereocenters. The largest absolute Gasteiger partial charge is 0.417 e. The summed E-state index contributed by atoms with van der Waals surface area (Å²) >= 11 is 5.65. The third-order valence-corrected chi connectivity index (χ3v) is 2.85. The minimum Gasteiger partial charge on any atom is -0.417 e. The topological polar surface area (TPSA) is 35.3 Å². The molecule has 0 spiro atoms. The molecule has 0 saturated carbocycles. The molecule has 0 aliphatic carbocycles. The van der Waals surface area contributed by atoms with Crippen molar-refractivity contribution in [3.63, 3.8) is 0 Å². The average molecular weight is 266 g/mol. The predicted octanol–water partition coefficient (Wildman–Crippen LogP) is 4.50. The second kappa shape index (κ2) is 5.02. The Labute approximate surface area is 112 Å². The van der Waals surface area contributed by atoms with Crippen LogP contribution in [0.1, 0.15) is 32.0 Å². The number of hydrogen-bond donors (Lipinski definition) is 0. The fraction of sp³-hybridized carbons (Fsp3) is 0.357. The Kier molecular flexibility index (Phi) is 3.62. The SMILES string of the molecule is CC(C)(C)c1cccc(Oc2nc(CCl)co2)c1. The molecule has 0 bridgehead atoms. The molecule has 18 heavy (non-hydrogen) atoms. The number of rotatable bonds is 3.